The van der Waals surface area contributed by atoms with Crippen LogP contribution in [0.2, 0.25) is 0 Å². The van der Waals surface area contributed by atoms with Crippen molar-refractivity contribution in [2.24, 2.45) is 0 Å². The van der Waals surface area contributed by atoms with Crippen LogP contribution in [0.5, 0.6) is 0 Å². The molecule has 108 valence electrons. The van der Waals surface area contributed by atoms with E-state index in [2.05, 4.69) is 38.2 Å². The number of nitrogens with zero attached hydrogens (tertiary/aromatic N) is 2. The molecule has 2 heterocycles. The lowest BCUT2D eigenvalue weighted by Gasteiger charge is -2.09. The number of aromatic nitrogens is 2. The molecule has 0 aliphatic rings. The van der Waals surface area contributed by atoms with E-state index in [1.54, 1.807) is 11.3 Å². The third-order valence-electron chi connectivity index (χ3n) is 3.53. The average Bonchev–Trinajstić information content (AvgIpc) is 2.84. The fourth-order valence-electron chi connectivity index (χ4n) is 2.25. The molecule has 0 saturated heterocycles. The first kappa shape index (κ1) is 14.0. The quantitative estimate of drug-likeness (QED) is 0.752. The molecule has 0 fully saturated rings. The van der Waals surface area contributed by atoms with Gasteiger partial charge in [0.2, 0.25) is 0 Å². The number of benzene rings is 1. The summed E-state index contributed by atoms with van der Waals surface area (Å²) in [5.41, 5.74) is 2.29. The second-order valence-electron chi connectivity index (χ2n) is 5.19. The molecule has 3 aromatic rings. The maximum Gasteiger partial charge on any atom is 0.172 e. The summed E-state index contributed by atoms with van der Waals surface area (Å²) in [4.78, 5) is 11.9. The predicted molar refractivity (Wildman–Crippen MR) is 91.1 cm³/mol. The van der Waals surface area contributed by atoms with E-state index in [1.807, 2.05) is 18.2 Å². The van der Waals surface area contributed by atoms with Gasteiger partial charge >= 0.3 is 0 Å². The normalized spacial score (nSPS) is 11.0. The van der Waals surface area contributed by atoms with E-state index in [0.29, 0.717) is 0 Å². The zero-order valence-electron chi connectivity index (χ0n) is 12.6. The van der Waals surface area contributed by atoms with Crippen molar-refractivity contribution in [3.8, 4) is 10.7 Å². The maximum atomic E-state index is 4.75. The number of aryl methyl sites for hydroxylation is 2. The van der Waals surface area contributed by atoms with Crippen molar-refractivity contribution in [3.05, 3.63) is 40.8 Å². The van der Waals surface area contributed by atoms with Crippen molar-refractivity contribution in [2.75, 3.05) is 11.9 Å². The van der Waals surface area contributed by atoms with E-state index in [-0.39, 0.29) is 0 Å². The van der Waals surface area contributed by atoms with E-state index in [1.165, 1.54) is 10.4 Å². The van der Waals surface area contributed by atoms with Gasteiger partial charge in [0.1, 0.15) is 5.82 Å². The van der Waals surface area contributed by atoms with Crippen molar-refractivity contribution < 1.29 is 0 Å². The van der Waals surface area contributed by atoms with Crippen molar-refractivity contribution >= 4 is 28.1 Å². The number of nitrogens with one attached hydrogen (secondary N) is 1. The van der Waals surface area contributed by atoms with Crippen LogP contribution in [0.15, 0.2) is 30.3 Å². The van der Waals surface area contributed by atoms with Crippen molar-refractivity contribution in [1.82, 2.24) is 9.97 Å². The Morgan fingerprint density at radius 2 is 1.95 bits per heavy atom. The number of fused-ring (bicyclic) bond motifs is 1. The molecule has 0 unspecified atom stereocenters. The van der Waals surface area contributed by atoms with Crippen LogP contribution in [0, 0.1) is 13.8 Å². The Balaban J connectivity index is 2.15. The van der Waals surface area contributed by atoms with Crippen LogP contribution >= 0.6 is 11.3 Å². The minimum Gasteiger partial charge on any atom is -0.369 e. The Morgan fingerprint density at radius 1 is 1.14 bits per heavy atom. The van der Waals surface area contributed by atoms with Gasteiger partial charge in [-0.1, -0.05) is 19.1 Å². The first-order valence-corrected chi connectivity index (χ1v) is 8.08. The van der Waals surface area contributed by atoms with Gasteiger partial charge in [-0.2, -0.15) is 0 Å². The van der Waals surface area contributed by atoms with Crippen LogP contribution in [0.25, 0.3) is 21.6 Å². The minimum absolute atomic E-state index is 0.813. The van der Waals surface area contributed by atoms with E-state index in [9.17, 15) is 0 Å². The Labute approximate surface area is 129 Å². The molecule has 2 aromatic heterocycles. The smallest absolute Gasteiger partial charge is 0.172 e. The number of anilines is 1. The summed E-state index contributed by atoms with van der Waals surface area (Å²) in [6.07, 6.45) is 1.07. The molecule has 4 heteroatoms. The molecule has 3 nitrogen and oxygen atoms in total. The Bertz CT molecular complexity index is 757. The molecule has 0 aliphatic heterocycles. The van der Waals surface area contributed by atoms with Gasteiger partial charge < -0.3 is 5.32 Å². The monoisotopic (exact) mass is 297 g/mol. The highest BCUT2D eigenvalue weighted by Crippen LogP contribution is 2.31. The lowest BCUT2D eigenvalue weighted by Crippen LogP contribution is -2.04. The molecule has 3 rings (SSSR count). The third-order valence-corrected chi connectivity index (χ3v) is 4.68. The van der Waals surface area contributed by atoms with Gasteiger partial charge in [0.25, 0.3) is 0 Å². The van der Waals surface area contributed by atoms with Crippen LogP contribution in [-0.4, -0.2) is 16.5 Å². The Hall–Kier alpha value is -1.94. The predicted octanol–water partition coefficient (Wildman–Crippen LogP) is 4.80. The Kier molecular flexibility index (Phi) is 3.88. The zero-order chi connectivity index (χ0) is 14.8. The average molecular weight is 297 g/mol. The SMILES string of the molecule is CCCNc1nc(-c2cc(C)c(C)s2)nc2ccccc12. The molecule has 0 saturated carbocycles. The number of hydrogen-bond acceptors (Lipinski definition) is 4. The van der Waals surface area contributed by atoms with E-state index in [0.717, 1.165) is 40.4 Å². The summed E-state index contributed by atoms with van der Waals surface area (Å²) >= 11 is 1.76. The summed E-state index contributed by atoms with van der Waals surface area (Å²) in [5.74, 6) is 1.75. The molecule has 0 spiro atoms. The highest BCUT2D eigenvalue weighted by Gasteiger charge is 2.11. The van der Waals surface area contributed by atoms with Gasteiger partial charge in [0.05, 0.1) is 10.4 Å². The molecule has 0 atom stereocenters. The topological polar surface area (TPSA) is 37.8 Å². The van der Waals surface area contributed by atoms with Crippen LogP contribution in [0.4, 0.5) is 5.82 Å². The zero-order valence-corrected chi connectivity index (χ0v) is 13.4. The van der Waals surface area contributed by atoms with Gasteiger partial charge in [0, 0.05) is 16.8 Å². The first-order valence-electron chi connectivity index (χ1n) is 7.27. The fourth-order valence-corrected chi connectivity index (χ4v) is 3.22. The molecule has 0 amide bonds. The highest BCUT2D eigenvalue weighted by atomic mass is 32.1. The second kappa shape index (κ2) is 5.82. The maximum absolute atomic E-state index is 4.75. The number of thiophene rings is 1. The fraction of sp³-hybridized carbons (Fsp3) is 0.294. The minimum atomic E-state index is 0.813. The van der Waals surface area contributed by atoms with Gasteiger partial charge in [-0.05, 0) is 44.0 Å². The van der Waals surface area contributed by atoms with Crippen LogP contribution < -0.4 is 5.32 Å². The molecule has 1 N–H and O–H groups in total. The van der Waals surface area contributed by atoms with Crippen molar-refractivity contribution in [2.45, 2.75) is 27.2 Å². The second-order valence-corrected chi connectivity index (χ2v) is 6.45. The number of hydrogen-bond donors (Lipinski definition) is 1. The van der Waals surface area contributed by atoms with Crippen LogP contribution in [-0.2, 0) is 0 Å². The van der Waals surface area contributed by atoms with E-state index < -0.39 is 0 Å². The molecule has 1 aromatic carbocycles. The molecular formula is C17H19N3S. The summed E-state index contributed by atoms with van der Waals surface area (Å²) in [6.45, 7) is 7.35. The molecule has 21 heavy (non-hydrogen) atoms. The largest absolute Gasteiger partial charge is 0.369 e. The number of para-hydroxylation sites is 1. The van der Waals surface area contributed by atoms with E-state index >= 15 is 0 Å². The van der Waals surface area contributed by atoms with Gasteiger partial charge in [-0.25, -0.2) is 9.97 Å². The van der Waals surface area contributed by atoms with Gasteiger partial charge in [-0.15, -0.1) is 11.3 Å². The molecule has 0 radical (unpaired) electrons. The number of rotatable bonds is 4. The summed E-state index contributed by atoms with van der Waals surface area (Å²) in [5, 5.41) is 4.51. The standard InChI is InChI=1S/C17H19N3S/c1-4-9-18-16-13-7-5-6-8-14(13)19-17(20-16)15-10-11(2)12(3)21-15/h5-8,10H,4,9H2,1-3H3,(H,18,19,20). The lowest BCUT2D eigenvalue weighted by atomic mass is 10.2. The molecule has 0 bridgehead atoms. The Morgan fingerprint density at radius 3 is 2.67 bits per heavy atom. The molecule has 0 aliphatic carbocycles. The molecular weight excluding hydrogens is 278 g/mol. The lowest BCUT2D eigenvalue weighted by molar-refractivity contribution is 0.970. The van der Waals surface area contributed by atoms with Gasteiger partial charge in [-0.3, -0.25) is 0 Å². The van der Waals surface area contributed by atoms with Crippen molar-refractivity contribution in [3.63, 3.8) is 0 Å². The van der Waals surface area contributed by atoms with Crippen LogP contribution in [0.3, 0.4) is 0 Å². The van der Waals surface area contributed by atoms with Crippen LogP contribution in [0.1, 0.15) is 23.8 Å². The first-order chi connectivity index (χ1) is 10.2. The van der Waals surface area contributed by atoms with Gasteiger partial charge in [0.15, 0.2) is 5.82 Å². The summed E-state index contributed by atoms with van der Waals surface area (Å²) in [7, 11) is 0. The van der Waals surface area contributed by atoms with E-state index in [4.69, 9.17) is 9.97 Å². The van der Waals surface area contributed by atoms with Crippen molar-refractivity contribution in [1.29, 1.82) is 0 Å². The summed E-state index contributed by atoms with van der Waals surface area (Å²) < 4.78 is 0. The highest BCUT2D eigenvalue weighted by molar-refractivity contribution is 7.15. The third kappa shape index (κ3) is 2.76. The summed E-state index contributed by atoms with van der Waals surface area (Å²) in [6, 6.07) is 10.3.